The van der Waals surface area contributed by atoms with Crippen LogP contribution in [0.3, 0.4) is 0 Å². The Morgan fingerprint density at radius 2 is 2.60 bits per heavy atom. The maximum absolute atomic E-state index is 10.5. The summed E-state index contributed by atoms with van der Waals surface area (Å²) in [6.07, 6.45) is 1.55. The molecule has 1 amide bonds. The molecule has 1 heterocycles. The molecule has 0 aromatic carbocycles. The smallest absolute Gasteiger partial charge is 0.407 e. The topological polar surface area (TPSA) is 64.3 Å². The second-order valence-electron chi connectivity index (χ2n) is 2.37. The van der Waals surface area contributed by atoms with Gasteiger partial charge in [0.05, 0.1) is 6.04 Å². The molecule has 0 radical (unpaired) electrons. The molecule has 4 heteroatoms. The molecule has 1 aliphatic heterocycles. The Morgan fingerprint density at radius 1 is 1.80 bits per heavy atom. The number of nitrogens with two attached hydrogens (primary N) is 1. The Balaban J connectivity index is 2.12. The number of rotatable bonds is 3. The van der Waals surface area contributed by atoms with Crippen LogP contribution in [0.5, 0.6) is 0 Å². The molecule has 10 heavy (non-hydrogen) atoms. The summed E-state index contributed by atoms with van der Waals surface area (Å²) < 4.78 is 4.67. The van der Waals surface area contributed by atoms with E-state index >= 15 is 0 Å². The van der Waals surface area contributed by atoms with Gasteiger partial charge in [-0.15, -0.1) is 0 Å². The molecule has 1 aliphatic rings. The number of amides is 1. The van der Waals surface area contributed by atoms with E-state index in [1.165, 1.54) is 0 Å². The molecule has 0 saturated carbocycles. The molecule has 0 spiro atoms. The van der Waals surface area contributed by atoms with Gasteiger partial charge in [-0.1, -0.05) is 0 Å². The van der Waals surface area contributed by atoms with Crippen molar-refractivity contribution in [3.05, 3.63) is 0 Å². The summed E-state index contributed by atoms with van der Waals surface area (Å²) in [4.78, 5) is 10.5. The van der Waals surface area contributed by atoms with E-state index in [-0.39, 0.29) is 12.1 Å². The van der Waals surface area contributed by atoms with Gasteiger partial charge in [0.2, 0.25) is 0 Å². The zero-order valence-electron chi connectivity index (χ0n) is 5.80. The van der Waals surface area contributed by atoms with Crippen molar-refractivity contribution >= 4 is 6.09 Å². The molecule has 0 aromatic rings. The van der Waals surface area contributed by atoms with Crippen molar-refractivity contribution in [2.45, 2.75) is 18.9 Å². The summed E-state index contributed by atoms with van der Waals surface area (Å²) in [6, 6.07) is 0.191. The van der Waals surface area contributed by atoms with Gasteiger partial charge in [0.1, 0.15) is 6.61 Å². The first-order valence-corrected chi connectivity index (χ1v) is 3.46. The third kappa shape index (κ3) is 1.88. The lowest BCUT2D eigenvalue weighted by molar-refractivity contribution is 0.176. The van der Waals surface area contributed by atoms with Gasteiger partial charge < -0.3 is 15.8 Å². The largest absolute Gasteiger partial charge is 0.447 e. The number of alkyl carbamates (subject to hydrolysis) is 1. The first-order valence-electron chi connectivity index (χ1n) is 3.46. The number of nitrogens with one attached hydrogen (secondary N) is 1. The van der Waals surface area contributed by atoms with Crippen LogP contribution in [0.1, 0.15) is 12.8 Å². The van der Waals surface area contributed by atoms with Gasteiger partial charge in [-0.3, -0.25) is 0 Å². The van der Waals surface area contributed by atoms with Crippen molar-refractivity contribution in [1.29, 1.82) is 0 Å². The summed E-state index contributed by atoms with van der Waals surface area (Å²) in [7, 11) is 0. The van der Waals surface area contributed by atoms with Crippen LogP contribution in [-0.2, 0) is 4.74 Å². The molecule has 1 rings (SSSR count). The van der Waals surface area contributed by atoms with Crippen LogP contribution in [0.4, 0.5) is 4.79 Å². The van der Waals surface area contributed by atoms with E-state index in [2.05, 4.69) is 10.1 Å². The van der Waals surface area contributed by atoms with E-state index < -0.39 is 0 Å². The molecular weight excluding hydrogens is 132 g/mol. The molecule has 58 valence electrons. The van der Waals surface area contributed by atoms with Crippen molar-refractivity contribution < 1.29 is 9.53 Å². The number of carbonyl (C=O) groups is 1. The van der Waals surface area contributed by atoms with Gasteiger partial charge in [0.25, 0.3) is 0 Å². The van der Waals surface area contributed by atoms with E-state index in [4.69, 9.17) is 5.73 Å². The van der Waals surface area contributed by atoms with Crippen molar-refractivity contribution in [1.82, 2.24) is 5.32 Å². The SMILES string of the molecule is NCCCC1COC(=O)N1. The fraction of sp³-hybridized carbons (Fsp3) is 0.833. The zero-order valence-corrected chi connectivity index (χ0v) is 5.80. The minimum absolute atomic E-state index is 0.191. The predicted octanol–water partition coefficient (Wildman–Crippen LogP) is -0.166. The number of cyclic esters (lactones) is 1. The average Bonchev–Trinajstić information content (AvgIpc) is 2.31. The molecule has 4 nitrogen and oxygen atoms in total. The van der Waals surface area contributed by atoms with Crippen molar-refractivity contribution in [2.75, 3.05) is 13.2 Å². The Bertz CT molecular complexity index is 127. The highest BCUT2D eigenvalue weighted by molar-refractivity contribution is 5.69. The highest BCUT2D eigenvalue weighted by Gasteiger charge is 2.20. The molecule has 1 atom stereocenters. The van der Waals surface area contributed by atoms with Gasteiger partial charge in [-0.2, -0.15) is 0 Å². The molecule has 1 saturated heterocycles. The Labute approximate surface area is 59.7 Å². The summed E-state index contributed by atoms with van der Waals surface area (Å²) in [6.45, 7) is 1.17. The lowest BCUT2D eigenvalue weighted by Gasteiger charge is -2.03. The van der Waals surface area contributed by atoms with Crippen LogP contribution in [0.2, 0.25) is 0 Å². The van der Waals surface area contributed by atoms with Gasteiger partial charge in [-0.25, -0.2) is 4.79 Å². The number of carbonyl (C=O) groups excluding carboxylic acids is 1. The molecule has 0 aliphatic carbocycles. The third-order valence-electron chi connectivity index (χ3n) is 1.49. The normalized spacial score (nSPS) is 24.1. The van der Waals surface area contributed by atoms with E-state index in [1.54, 1.807) is 0 Å². The third-order valence-corrected chi connectivity index (χ3v) is 1.49. The summed E-state index contributed by atoms with van der Waals surface area (Å²) in [5, 5.41) is 2.67. The molecular formula is C6H12N2O2. The average molecular weight is 144 g/mol. The summed E-state index contributed by atoms with van der Waals surface area (Å²) in [5.74, 6) is 0. The summed E-state index contributed by atoms with van der Waals surface area (Å²) in [5.41, 5.74) is 5.29. The number of hydrogen-bond acceptors (Lipinski definition) is 3. The maximum atomic E-state index is 10.5. The fourth-order valence-electron chi connectivity index (χ4n) is 0.946. The molecule has 1 fully saturated rings. The standard InChI is InChI=1S/C6H12N2O2/c7-3-1-2-5-4-10-6(9)8-5/h5H,1-4,7H2,(H,8,9). The molecule has 0 bridgehead atoms. The van der Waals surface area contributed by atoms with Crippen LogP contribution in [0, 0.1) is 0 Å². The van der Waals surface area contributed by atoms with E-state index in [9.17, 15) is 4.79 Å². The minimum atomic E-state index is -0.304. The van der Waals surface area contributed by atoms with Crippen LogP contribution >= 0.6 is 0 Å². The van der Waals surface area contributed by atoms with E-state index in [0.29, 0.717) is 13.2 Å². The van der Waals surface area contributed by atoms with Crippen LogP contribution < -0.4 is 11.1 Å². The van der Waals surface area contributed by atoms with Gasteiger partial charge in [0.15, 0.2) is 0 Å². The lowest BCUT2D eigenvalue weighted by atomic mass is 10.2. The highest BCUT2D eigenvalue weighted by atomic mass is 16.6. The Hall–Kier alpha value is -0.770. The quantitative estimate of drug-likeness (QED) is 0.578. The lowest BCUT2D eigenvalue weighted by Crippen LogP contribution is -2.26. The maximum Gasteiger partial charge on any atom is 0.407 e. The second kappa shape index (κ2) is 3.41. The number of hydrogen-bond donors (Lipinski definition) is 2. The van der Waals surface area contributed by atoms with Crippen LogP contribution in [0.15, 0.2) is 0 Å². The van der Waals surface area contributed by atoms with E-state index in [1.807, 2.05) is 0 Å². The fourth-order valence-corrected chi connectivity index (χ4v) is 0.946. The Kier molecular flexibility index (Phi) is 2.50. The van der Waals surface area contributed by atoms with Gasteiger partial charge >= 0.3 is 6.09 Å². The van der Waals surface area contributed by atoms with Crippen molar-refractivity contribution in [3.63, 3.8) is 0 Å². The first-order chi connectivity index (χ1) is 4.83. The minimum Gasteiger partial charge on any atom is -0.447 e. The van der Waals surface area contributed by atoms with Gasteiger partial charge in [-0.05, 0) is 19.4 Å². The second-order valence-corrected chi connectivity index (χ2v) is 2.37. The summed E-state index contributed by atoms with van der Waals surface area (Å²) >= 11 is 0. The zero-order chi connectivity index (χ0) is 7.40. The Morgan fingerprint density at radius 3 is 3.10 bits per heavy atom. The van der Waals surface area contributed by atoms with Crippen molar-refractivity contribution in [3.8, 4) is 0 Å². The number of ether oxygens (including phenoxy) is 1. The van der Waals surface area contributed by atoms with Crippen molar-refractivity contribution in [2.24, 2.45) is 5.73 Å². The molecule has 3 N–H and O–H groups in total. The predicted molar refractivity (Wildman–Crippen MR) is 36.6 cm³/mol. The highest BCUT2D eigenvalue weighted by Crippen LogP contribution is 2.03. The monoisotopic (exact) mass is 144 g/mol. The van der Waals surface area contributed by atoms with Crippen LogP contribution in [0.25, 0.3) is 0 Å². The van der Waals surface area contributed by atoms with E-state index in [0.717, 1.165) is 12.8 Å². The molecule has 1 unspecified atom stereocenters. The first kappa shape index (κ1) is 7.34. The molecule has 0 aromatic heterocycles. The van der Waals surface area contributed by atoms with Gasteiger partial charge in [0, 0.05) is 0 Å². The van der Waals surface area contributed by atoms with Crippen LogP contribution in [-0.4, -0.2) is 25.3 Å².